The van der Waals surface area contributed by atoms with Crippen molar-refractivity contribution < 1.29 is 14.6 Å². The second kappa shape index (κ2) is 9.48. The summed E-state index contributed by atoms with van der Waals surface area (Å²) in [5.41, 5.74) is 2.21. The molecule has 4 heteroatoms. The first-order valence-corrected chi connectivity index (χ1v) is 8.45. The summed E-state index contributed by atoms with van der Waals surface area (Å²) in [6.07, 6.45) is 7.96. The van der Waals surface area contributed by atoms with Crippen LogP contribution in [0.3, 0.4) is 0 Å². The lowest BCUT2D eigenvalue weighted by Crippen LogP contribution is -2.32. The van der Waals surface area contributed by atoms with E-state index in [0.717, 1.165) is 13.0 Å². The molecule has 0 aliphatic heterocycles. The molecule has 0 heterocycles. The molecule has 0 amide bonds. The maximum absolute atomic E-state index is 11.2. The number of hydrogen-bond acceptors (Lipinski definition) is 4. The van der Waals surface area contributed by atoms with Gasteiger partial charge < -0.3 is 15.2 Å². The van der Waals surface area contributed by atoms with Crippen molar-refractivity contribution in [1.82, 2.24) is 5.32 Å². The van der Waals surface area contributed by atoms with Crippen molar-refractivity contribution in [3.05, 3.63) is 41.5 Å². The van der Waals surface area contributed by atoms with E-state index in [-0.39, 0.29) is 12.4 Å². The van der Waals surface area contributed by atoms with E-state index >= 15 is 0 Å². The molecule has 0 fully saturated rings. The summed E-state index contributed by atoms with van der Waals surface area (Å²) >= 11 is 0. The SMILES string of the molecule is CC(=O)c1ccc(OC[C@H](O)CNCCC2=CCCCC2)cc1. The average molecular weight is 317 g/mol. The average Bonchev–Trinajstić information content (AvgIpc) is 2.58. The number of ketones is 1. The van der Waals surface area contributed by atoms with Gasteiger partial charge in [-0.25, -0.2) is 0 Å². The zero-order valence-electron chi connectivity index (χ0n) is 13.9. The van der Waals surface area contributed by atoms with Gasteiger partial charge in [-0.05, 0) is 69.8 Å². The number of carbonyl (C=O) groups excluding carboxylic acids is 1. The van der Waals surface area contributed by atoms with Crippen LogP contribution in [0.1, 0.15) is 49.4 Å². The number of ether oxygens (including phenoxy) is 1. The predicted octanol–water partition coefficient (Wildman–Crippen LogP) is 3.11. The molecule has 0 spiro atoms. The van der Waals surface area contributed by atoms with Crippen LogP contribution < -0.4 is 10.1 Å². The van der Waals surface area contributed by atoms with Crippen LogP contribution >= 0.6 is 0 Å². The number of nitrogens with one attached hydrogen (secondary N) is 1. The summed E-state index contributed by atoms with van der Waals surface area (Å²) in [5.74, 6) is 0.704. The van der Waals surface area contributed by atoms with Crippen molar-refractivity contribution in [1.29, 1.82) is 0 Å². The van der Waals surface area contributed by atoms with Crippen LogP contribution in [0, 0.1) is 0 Å². The number of rotatable bonds is 9. The molecule has 1 aromatic rings. The number of hydrogen-bond donors (Lipinski definition) is 2. The van der Waals surface area contributed by atoms with Crippen molar-refractivity contribution in [2.45, 2.75) is 45.1 Å². The highest BCUT2D eigenvalue weighted by atomic mass is 16.5. The van der Waals surface area contributed by atoms with Gasteiger partial charge in [0, 0.05) is 12.1 Å². The van der Waals surface area contributed by atoms with E-state index in [4.69, 9.17) is 4.74 Å². The normalized spacial score (nSPS) is 15.8. The fraction of sp³-hybridized carbons (Fsp3) is 0.526. The molecular formula is C19H27NO3. The lowest BCUT2D eigenvalue weighted by Gasteiger charge is -2.15. The quantitative estimate of drug-likeness (QED) is 0.417. The van der Waals surface area contributed by atoms with Crippen molar-refractivity contribution in [3.8, 4) is 5.75 Å². The van der Waals surface area contributed by atoms with E-state index in [0.29, 0.717) is 17.9 Å². The Morgan fingerprint density at radius 2 is 2.09 bits per heavy atom. The summed E-state index contributed by atoms with van der Waals surface area (Å²) in [6, 6.07) is 6.99. The fourth-order valence-electron chi connectivity index (χ4n) is 2.69. The van der Waals surface area contributed by atoms with Crippen LogP contribution in [0.25, 0.3) is 0 Å². The van der Waals surface area contributed by atoms with Gasteiger partial charge in [0.1, 0.15) is 18.5 Å². The highest BCUT2D eigenvalue weighted by Gasteiger charge is 2.07. The minimum absolute atomic E-state index is 0.0360. The molecule has 0 saturated carbocycles. The first kappa shape index (κ1) is 17.7. The monoisotopic (exact) mass is 317 g/mol. The Kier molecular flexibility index (Phi) is 7.30. The third kappa shape index (κ3) is 6.55. The molecule has 0 saturated heterocycles. The van der Waals surface area contributed by atoms with Crippen LogP contribution in [0.2, 0.25) is 0 Å². The largest absolute Gasteiger partial charge is 0.491 e. The maximum atomic E-state index is 11.2. The Morgan fingerprint density at radius 3 is 2.74 bits per heavy atom. The Bertz CT molecular complexity index is 522. The molecule has 2 N–H and O–H groups in total. The van der Waals surface area contributed by atoms with Gasteiger partial charge in [0.25, 0.3) is 0 Å². The molecule has 1 aliphatic rings. The Labute approximate surface area is 138 Å². The molecule has 0 radical (unpaired) electrons. The number of Topliss-reactive ketones (excluding diaryl/α,β-unsaturated/α-hetero) is 1. The third-order valence-electron chi connectivity index (χ3n) is 4.09. The third-order valence-corrected chi connectivity index (χ3v) is 4.09. The number of benzene rings is 1. The lowest BCUT2D eigenvalue weighted by molar-refractivity contribution is 0.101. The van der Waals surface area contributed by atoms with Gasteiger partial charge in [-0.2, -0.15) is 0 Å². The second-order valence-electron chi connectivity index (χ2n) is 6.11. The molecule has 4 nitrogen and oxygen atoms in total. The first-order valence-electron chi connectivity index (χ1n) is 8.45. The molecule has 126 valence electrons. The van der Waals surface area contributed by atoms with Gasteiger partial charge in [0.05, 0.1) is 0 Å². The van der Waals surface area contributed by atoms with Crippen LogP contribution in [0.5, 0.6) is 5.75 Å². The van der Waals surface area contributed by atoms with E-state index in [1.807, 2.05) is 0 Å². The summed E-state index contributed by atoms with van der Waals surface area (Å²) in [6.45, 7) is 3.21. The van der Waals surface area contributed by atoms with E-state index in [2.05, 4.69) is 11.4 Å². The Balaban J connectivity index is 1.60. The molecule has 0 unspecified atom stereocenters. The van der Waals surface area contributed by atoms with E-state index in [9.17, 15) is 9.90 Å². The first-order chi connectivity index (χ1) is 11.1. The Hall–Kier alpha value is -1.65. The van der Waals surface area contributed by atoms with Gasteiger partial charge in [-0.15, -0.1) is 0 Å². The molecular weight excluding hydrogens is 290 g/mol. The van der Waals surface area contributed by atoms with E-state index in [1.165, 1.54) is 32.6 Å². The van der Waals surface area contributed by atoms with Crippen molar-refractivity contribution in [2.75, 3.05) is 19.7 Å². The maximum Gasteiger partial charge on any atom is 0.159 e. The topological polar surface area (TPSA) is 58.6 Å². The van der Waals surface area contributed by atoms with Gasteiger partial charge in [0.2, 0.25) is 0 Å². The lowest BCUT2D eigenvalue weighted by atomic mass is 9.97. The van der Waals surface area contributed by atoms with Gasteiger partial charge in [-0.1, -0.05) is 11.6 Å². The fourth-order valence-corrected chi connectivity index (χ4v) is 2.69. The highest BCUT2D eigenvalue weighted by molar-refractivity contribution is 5.94. The number of aliphatic hydroxyl groups excluding tert-OH is 1. The summed E-state index contributed by atoms with van der Waals surface area (Å²) in [5, 5.41) is 13.2. The zero-order chi connectivity index (χ0) is 16.5. The zero-order valence-corrected chi connectivity index (χ0v) is 13.9. The smallest absolute Gasteiger partial charge is 0.159 e. The summed E-state index contributed by atoms with van der Waals surface area (Å²) in [4.78, 5) is 11.2. The van der Waals surface area contributed by atoms with Crippen LogP contribution in [-0.2, 0) is 0 Å². The molecule has 0 aromatic heterocycles. The molecule has 23 heavy (non-hydrogen) atoms. The second-order valence-corrected chi connectivity index (χ2v) is 6.11. The van der Waals surface area contributed by atoms with E-state index in [1.54, 1.807) is 29.8 Å². The summed E-state index contributed by atoms with van der Waals surface area (Å²) < 4.78 is 5.54. The van der Waals surface area contributed by atoms with Gasteiger partial charge in [0.15, 0.2) is 5.78 Å². The molecule has 1 aliphatic carbocycles. The molecule has 2 rings (SSSR count). The molecule has 1 atom stereocenters. The van der Waals surface area contributed by atoms with Crippen LogP contribution in [0.15, 0.2) is 35.9 Å². The van der Waals surface area contributed by atoms with Crippen molar-refractivity contribution in [3.63, 3.8) is 0 Å². The number of carbonyl (C=O) groups is 1. The van der Waals surface area contributed by atoms with Crippen molar-refractivity contribution in [2.24, 2.45) is 0 Å². The highest BCUT2D eigenvalue weighted by Crippen LogP contribution is 2.19. The number of aliphatic hydroxyl groups is 1. The minimum Gasteiger partial charge on any atom is -0.491 e. The van der Waals surface area contributed by atoms with Crippen molar-refractivity contribution >= 4 is 5.78 Å². The molecule has 0 bridgehead atoms. The van der Waals surface area contributed by atoms with Crippen LogP contribution in [0.4, 0.5) is 0 Å². The van der Waals surface area contributed by atoms with Gasteiger partial charge in [-0.3, -0.25) is 4.79 Å². The predicted molar refractivity (Wildman–Crippen MR) is 92.0 cm³/mol. The Morgan fingerprint density at radius 1 is 1.30 bits per heavy atom. The standard InChI is InChI=1S/C19H27NO3/c1-15(21)17-7-9-19(10-8-17)23-14-18(22)13-20-12-11-16-5-3-2-4-6-16/h5,7-10,18,20,22H,2-4,6,11-14H2,1H3/t18-/m1/s1. The van der Waals surface area contributed by atoms with Crippen LogP contribution in [-0.4, -0.2) is 36.7 Å². The summed E-state index contributed by atoms with van der Waals surface area (Å²) in [7, 11) is 0. The van der Waals surface area contributed by atoms with Gasteiger partial charge >= 0.3 is 0 Å². The van der Waals surface area contributed by atoms with E-state index < -0.39 is 6.10 Å². The molecule has 1 aromatic carbocycles. The minimum atomic E-state index is -0.539. The number of allylic oxidation sites excluding steroid dienone is 1.